The van der Waals surface area contributed by atoms with Crippen molar-refractivity contribution in [2.75, 3.05) is 0 Å². The van der Waals surface area contributed by atoms with E-state index >= 15 is 0 Å². The van der Waals surface area contributed by atoms with Crippen LogP contribution in [0.4, 0.5) is 4.39 Å². The van der Waals surface area contributed by atoms with Crippen LogP contribution in [0, 0.1) is 12.7 Å². The summed E-state index contributed by atoms with van der Waals surface area (Å²) in [6.07, 6.45) is 0. The maximum absolute atomic E-state index is 13.6. The second kappa shape index (κ2) is 5.32. The zero-order chi connectivity index (χ0) is 15.1. The van der Waals surface area contributed by atoms with Gasteiger partial charge in [0.2, 0.25) is 0 Å². The highest BCUT2D eigenvalue weighted by atomic mass is 35.5. The van der Waals surface area contributed by atoms with Gasteiger partial charge in [-0.1, -0.05) is 23.7 Å². The quantitative estimate of drug-likeness (QED) is 0.575. The number of alkyl halides is 1. The van der Waals surface area contributed by atoms with E-state index in [-0.39, 0.29) is 11.2 Å². The summed E-state index contributed by atoms with van der Waals surface area (Å²) >= 11 is 12.5. The molecule has 2 nitrogen and oxygen atoms in total. The van der Waals surface area contributed by atoms with Gasteiger partial charge in [0.25, 0.3) is 0 Å². The van der Waals surface area contributed by atoms with Gasteiger partial charge in [-0.2, -0.15) is 0 Å². The van der Waals surface area contributed by atoms with Gasteiger partial charge < -0.3 is 0 Å². The topological polar surface area (TPSA) is 17.8 Å². The highest BCUT2D eigenvalue weighted by Crippen LogP contribution is 2.33. The fourth-order valence-corrected chi connectivity index (χ4v) is 2.83. The minimum Gasteiger partial charge on any atom is -0.293 e. The summed E-state index contributed by atoms with van der Waals surface area (Å²) in [4.78, 5) is 4.57. The van der Waals surface area contributed by atoms with Crippen molar-refractivity contribution >= 4 is 34.2 Å². The van der Waals surface area contributed by atoms with Crippen LogP contribution in [-0.2, 0) is 0 Å². The maximum atomic E-state index is 13.6. The van der Waals surface area contributed by atoms with Crippen LogP contribution in [0.1, 0.15) is 23.7 Å². The Labute approximate surface area is 132 Å². The Morgan fingerprint density at radius 2 is 2.00 bits per heavy atom. The number of imidazole rings is 1. The van der Waals surface area contributed by atoms with Crippen LogP contribution in [0.25, 0.3) is 16.7 Å². The van der Waals surface area contributed by atoms with Gasteiger partial charge in [0.1, 0.15) is 11.6 Å². The predicted octanol–water partition coefficient (Wildman–Crippen LogP) is 5.43. The minimum atomic E-state index is -0.349. The van der Waals surface area contributed by atoms with Crippen LogP contribution in [0.3, 0.4) is 0 Å². The molecule has 0 radical (unpaired) electrons. The Balaban J connectivity index is 2.44. The number of rotatable bonds is 2. The summed E-state index contributed by atoms with van der Waals surface area (Å²) in [5.74, 6) is 0.298. The number of hydrogen-bond donors (Lipinski definition) is 0. The van der Waals surface area contributed by atoms with E-state index in [9.17, 15) is 4.39 Å². The first-order valence-electron chi connectivity index (χ1n) is 6.56. The molecule has 0 amide bonds. The molecule has 0 aliphatic heterocycles. The fourth-order valence-electron chi connectivity index (χ4n) is 2.48. The van der Waals surface area contributed by atoms with E-state index in [1.54, 1.807) is 6.07 Å². The van der Waals surface area contributed by atoms with Gasteiger partial charge in [-0.25, -0.2) is 9.37 Å². The standard InChI is InChI=1S/C16H13Cl2FN2/c1-9-4-3-5-13-15(9)21(16(20-13)10(2)17)14-8-11(19)6-7-12(14)18/h3-8,10H,1-2H3. The average Bonchev–Trinajstić information content (AvgIpc) is 2.82. The van der Waals surface area contributed by atoms with E-state index in [1.165, 1.54) is 12.1 Å². The molecule has 2 aromatic carbocycles. The van der Waals surface area contributed by atoms with Gasteiger partial charge in [0.15, 0.2) is 0 Å². The Hall–Kier alpha value is -1.58. The molecule has 1 unspecified atom stereocenters. The zero-order valence-electron chi connectivity index (χ0n) is 11.6. The third-order valence-corrected chi connectivity index (χ3v) is 3.92. The molecule has 0 aliphatic carbocycles. The average molecular weight is 323 g/mol. The van der Waals surface area contributed by atoms with E-state index in [2.05, 4.69) is 4.98 Å². The molecule has 0 saturated heterocycles. The zero-order valence-corrected chi connectivity index (χ0v) is 13.1. The molecule has 0 N–H and O–H groups in total. The van der Waals surface area contributed by atoms with Crippen molar-refractivity contribution < 1.29 is 4.39 Å². The highest BCUT2D eigenvalue weighted by Gasteiger charge is 2.19. The predicted molar refractivity (Wildman–Crippen MR) is 85.0 cm³/mol. The monoisotopic (exact) mass is 322 g/mol. The van der Waals surface area contributed by atoms with E-state index in [0.717, 1.165) is 16.6 Å². The third-order valence-electron chi connectivity index (χ3n) is 3.41. The van der Waals surface area contributed by atoms with Crippen LogP contribution < -0.4 is 0 Å². The fraction of sp³-hybridized carbons (Fsp3) is 0.188. The van der Waals surface area contributed by atoms with Gasteiger partial charge in [-0.05, 0) is 43.7 Å². The van der Waals surface area contributed by atoms with Crippen molar-refractivity contribution in [1.29, 1.82) is 0 Å². The molecule has 1 aromatic heterocycles. The molecule has 5 heteroatoms. The molecule has 1 atom stereocenters. The summed E-state index contributed by atoms with van der Waals surface area (Å²) < 4.78 is 15.5. The number of nitrogens with zero attached hydrogens (tertiary/aromatic N) is 2. The van der Waals surface area contributed by atoms with Crippen LogP contribution in [0.5, 0.6) is 0 Å². The third kappa shape index (κ3) is 2.41. The van der Waals surface area contributed by atoms with E-state index in [4.69, 9.17) is 23.2 Å². The lowest BCUT2D eigenvalue weighted by Crippen LogP contribution is -2.04. The Kier molecular flexibility index (Phi) is 3.64. The molecule has 0 bridgehead atoms. The molecule has 1 heterocycles. The van der Waals surface area contributed by atoms with Crippen molar-refractivity contribution in [3.8, 4) is 5.69 Å². The Morgan fingerprint density at radius 1 is 1.24 bits per heavy atom. The molecule has 21 heavy (non-hydrogen) atoms. The van der Waals surface area contributed by atoms with E-state index < -0.39 is 0 Å². The molecular formula is C16H13Cl2FN2. The van der Waals surface area contributed by atoms with Crippen molar-refractivity contribution in [1.82, 2.24) is 9.55 Å². The number of aromatic nitrogens is 2. The number of hydrogen-bond acceptors (Lipinski definition) is 1. The van der Waals surface area contributed by atoms with Crippen LogP contribution in [0.2, 0.25) is 5.02 Å². The molecule has 108 valence electrons. The lowest BCUT2D eigenvalue weighted by atomic mass is 10.2. The molecule has 0 aliphatic rings. The SMILES string of the molecule is Cc1cccc2nc(C(C)Cl)n(-c3cc(F)ccc3Cl)c12. The van der Waals surface area contributed by atoms with Gasteiger partial charge in [0.05, 0.1) is 27.1 Å². The van der Waals surface area contributed by atoms with Gasteiger partial charge in [0, 0.05) is 0 Å². The van der Waals surface area contributed by atoms with Crippen molar-refractivity contribution in [2.45, 2.75) is 19.2 Å². The summed E-state index contributed by atoms with van der Waals surface area (Å²) in [6, 6.07) is 10.1. The van der Waals surface area contributed by atoms with E-state index in [0.29, 0.717) is 16.5 Å². The minimum absolute atomic E-state index is 0.323. The van der Waals surface area contributed by atoms with Crippen molar-refractivity contribution in [2.24, 2.45) is 0 Å². The van der Waals surface area contributed by atoms with Gasteiger partial charge in [-0.15, -0.1) is 11.6 Å². The molecule has 0 saturated carbocycles. The Bertz CT molecular complexity index is 825. The smallest absolute Gasteiger partial charge is 0.132 e. The molecular weight excluding hydrogens is 310 g/mol. The van der Waals surface area contributed by atoms with Crippen LogP contribution >= 0.6 is 23.2 Å². The second-order valence-electron chi connectivity index (χ2n) is 4.96. The molecule has 0 fully saturated rings. The lowest BCUT2D eigenvalue weighted by molar-refractivity contribution is 0.626. The first-order chi connectivity index (χ1) is 9.99. The summed E-state index contributed by atoms with van der Waals surface area (Å²) in [5, 5.41) is 0.133. The van der Waals surface area contributed by atoms with Crippen LogP contribution in [-0.4, -0.2) is 9.55 Å². The summed E-state index contributed by atoms with van der Waals surface area (Å²) in [5.41, 5.74) is 3.30. The largest absolute Gasteiger partial charge is 0.293 e. The normalized spacial score (nSPS) is 12.8. The second-order valence-corrected chi connectivity index (χ2v) is 6.02. The first kappa shape index (κ1) is 14.4. The lowest BCUT2D eigenvalue weighted by Gasteiger charge is -2.13. The summed E-state index contributed by atoms with van der Waals surface area (Å²) in [7, 11) is 0. The van der Waals surface area contributed by atoms with Crippen molar-refractivity contribution in [3.63, 3.8) is 0 Å². The number of fused-ring (bicyclic) bond motifs is 1. The number of para-hydroxylation sites is 1. The van der Waals surface area contributed by atoms with Crippen LogP contribution in [0.15, 0.2) is 36.4 Å². The Morgan fingerprint density at radius 3 is 2.71 bits per heavy atom. The number of aryl methyl sites for hydroxylation is 1. The number of benzene rings is 2. The van der Waals surface area contributed by atoms with Gasteiger partial charge >= 0.3 is 0 Å². The van der Waals surface area contributed by atoms with Crippen molar-refractivity contribution in [3.05, 3.63) is 58.6 Å². The number of halogens is 3. The maximum Gasteiger partial charge on any atom is 0.132 e. The molecule has 3 aromatic rings. The first-order valence-corrected chi connectivity index (χ1v) is 7.38. The molecule has 3 rings (SSSR count). The van der Waals surface area contributed by atoms with E-state index in [1.807, 2.05) is 36.6 Å². The highest BCUT2D eigenvalue weighted by molar-refractivity contribution is 6.32. The molecule has 0 spiro atoms. The summed E-state index contributed by atoms with van der Waals surface area (Å²) in [6.45, 7) is 3.82. The van der Waals surface area contributed by atoms with Gasteiger partial charge in [-0.3, -0.25) is 4.57 Å².